The molecule has 7 heteroatoms. The highest BCUT2D eigenvalue weighted by Crippen LogP contribution is 2.31. The molecule has 5 rings (SSSR count). The van der Waals surface area contributed by atoms with Crippen molar-refractivity contribution in [3.63, 3.8) is 0 Å². The number of nitrogens with one attached hydrogen (secondary N) is 1. The lowest BCUT2D eigenvalue weighted by Gasteiger charge is -2.03. The second-order valence-corrected chi connectivity index (χ2v) is 8.63. The average Bonchev–Trinajstić information content (AvgIpc) is 3.52. The van der Waals surface area contributed by atoms with E-state index in [-0.39, 0.29) is 5.91 Å². The second-order valence-electron chi connectivity index (χ2n) is 6.69. The van der Waals surface area contributed by atoms with Crippen molar-refractivity contribution in [3.05, 3.63) is 77.0 Å². The molecule has 1 amide bonds. The Hall–Kier alpha value is -3.29. The Morgan fingerprint density at radius 1 is 1.00 bits per heavy atom. The maximum absolute atomic E-state index is 12.8. The maximum Gasteiger partial charge on any atom is 0.267 e. The van der Waals surface area contributed by atoms with Gasteiger partial charge in [0.15, 0.2) is 11.0 Å². The number of carbonyl (C=O) groups is 1. The molecule has 2 aromatic carbocycles. The molecule has 30 heavy (non-hydrogen) atoms. The van der Waals surface area contributed by atoms with E-state index >= 15 is 0 Å². The fraction of sp³-hybridized carbons (Fsp3) is 0.0870. The summed E-state index contributed by atoms with van der Waals surface area (Å²) >= 11 is 2.87. The molecule has 0 saturated carbocycles. The van der Waals surface area contributed by atoms with Crippen molar-refractivity contribution < 1.29 is 4.79 Å². The average molecular weight is 431 g/mol. The summed E-state index contributed by atoms with van der Waals surface area (Å²) in [5, 5.41) is 5.47. The van der Waals surface area contributed by atoms with Crippen LogP contribution < -0.4 is 5.32 Å². The summed E-state index contributed by atoms with van der Waals surface area (Å²) in [6.45, 7) is 2.92. The summed E-state index contributed by atoms with van der Waals surface area (Å²) in [5.41, 5.74) is 3.96. The van der Waals surface area contributed by atoms with Crippen molar-refractivity contribution in [1.29, 1.82) is 0 Å². The number of benzene rings is 2. The molecule has 0 unspecified atom stereocenters. The Balaban J connectivity index is 1.38. The number of aromatic nitrogens is 3. The van der Waals surface area contributed by atoms with E-state index < -0.39 is 0 Å². The lowest BCUT2D eigenvalue weighted by Crippen LogP contribution is -2.09. The first-order valence-electron chi connectivity index (χ1n) is 9.60. The summed E-state index contributed by atoms with van der Waals surface area (Å²) in [7, 11) is 0. The van der Waals surface area contributed by atoms with Crippen LogP contribution in [0, 0.1) is 0 Å². The van der Waals surface area contributed by atoms with Crippen molar-refractivity contribution in [2.75, 3.05) is 5.32 Å². The van der Waals surface area contributed by atoms with Crippen LogP contribution in [0.25, 0.3) is 33.0 Å². The van der Waals surface area contributed by atoms with Gasteiger partial charge in [-0.2, -0.15) is 0 Å². The van der Waals surface area contributed by atoms with E-state index in [1.54, 1.807) is 0 Å². The van der Waals surface area contributed by atoms with Crippen molar-refractivity contribution >= 4 is 44.7 Å². The molecule has 0 aliphatic heterocycles. The van der Waals surface area contributed by atoms with Crippen LogP contribution >= 0.6 is 22.7 Å². The lowest BCUT2D eigenvalue weighted by molar-refractivity contribution is 0.103. The van der Waals surface area contributed by atoms with E-state index in [2.05, 4.69) is 27.9 Å². The first kappa shape index (κ1) is 18.7. The number of fused-ring (bicyclic) bond motifs is 1. The lowest BCUT2D eigenvalue weighted by atomic mass is 10.2. The van der Waals surface area contributed by atoms with Gasteiger partial charge in [-0.15, -0.1) is 22.7 Å². The number of aryl methyl sites for hydroxylation is 1. The van der Waals surface area contributed by atoms with Gasteiger partial charge in [0.2, 0.25) is 0 Å². The minimum Gasteiger partial charge on any atom is -0.324 e. The van der Waals surface area contributed by atoms with E-state index in [1.165, 1.54) is 22.7 Å². The Kier molecular flexibility index (Phi) is 4.90. The predicted octanol–water partition coefficient (Wildman–Crippen LogP) is 6.16. The highest BCUT2D eigenvalue weighted by molar-refractivity contribution is 7.17. The van der Waals surface area contributed by atoms with Crippen LogP contribution in [0.2, 0.25) is 0 Å². The molecule has 0 fully saturated rings. The van der Waals surface area contributed by atoms with Crippen molar-refractivity contribution in [1.82, 2.24) is 14.5 Å². The fourth-order valence-electron chi connectivity index (χ4n) is 3.40. The van der Waals surface area contributed by atoms with Crippen LogP contribution in [-0.2, 0) is 6.54 Å². The van der Waals surface area contributed by atoms with E-state index in [9.17, 15) is 4.79 Å². The summed E-state index contributed by atoms with van der Waals surface area (Å²) in [5.74, 6) is 0.739. The molecule has 0 atom stereocenters. The molecule has 3 aromatic heterocycles. The molecule has 0 spiro atoms. The van der Waals surface area contributed by atoms with Gasteiger partial charge in [0, 0.05) is 17.5 Å². The number of thiophene rings is 1. The van der Waals surface area contributed by atoms with E-state index in [4.69, 9.17) is 4.98 Å². The SMILES string of the molecule is CCn1c(-c2ccc(C(=O)Nc3nc(-c4ccccc4)cs3)s2)nc2ccccc21. The smallest absolute Gasteiger partial charge is 0.267 e. The number of carbonyl (C=O) groups excluding carboxylic acids is 1. The third-order valence-corrected chi connectivity index (χ3v) is 6.65. The maximum atomic E-state index is 12.8. The van der Waals surface area contributed by atoms with Crippen LogP contribution in [0.5, 0.6) is 0 Å². The number of hydrogen-bond donors (Lipinski definition) is 1. The molecule has 0 bridgehead atoms. The van der Waals surface area contributed by atoms with Crippen LogP contribution in [0.3, 0.4) is 0 Å². The number of rotatable bonds is 5. The second kappa shape index (κ2) is 7.85. The van der Waals surface area contributed by atoms with Crippen LogP contribution in [0.1, 0.15) is 16.6 Å². The molecule has 5 nitrogen and oxygen atoms in total. The Bertz CT molecular complexity index is 1330. The van der Waals surface area contributed by atoms with Crippen molar-refractivity contribution in [3.8, 4) is 22.0 Å². The first-order chi connectivity index (χ1) is 14.7. The molecule has 3 heterocycles. The van der Waals surface area contributed by atoms with Gasteiger partial charge in [0.1, 0.15) is 0 Å². The molecule has 148 valence electrons. The molecule has 1 N–H and O–H groups in total. The van der Waals surface area contributed by atoms with Gasteiger partial charge in [-0.25, -0.2) is 9.97 Å². The number of nitrogens with zero attached hydrogens (tertiary/aromatic N) is 3. The van der Waals surface area contributed by atoms with Gasteiger partial charge >= 0.3 is 0 Å². The quantitative estimate of drug-likeness (QED) is 0.363. The minimum atomic E-state index is -0.153. The zero-order valence-corrected chi connectivity index (χ0v) is 17.8. The molecule has 0 aliphatic rings. The third-order valence-electron chi connectivity index (χ3n) is 4.82. The molecule has 5 aromatic rings. The van der Waals surface area contributed by atoms with Gasteiger partial charge in [-0.3, -0.25) is 10.1 Å². The zero-order chi connectivity index (χ0) is 20.5. The number of anilines is 1. The van der Waals surface area contributed by atoms with Crippen molar-refractivity contribution in [2.24, 2.45) is 0 Å². The minimum absolute atomic E-state index is 0.153. The molecule has 0 saturated heterocycles. The van der Waals surface area contributed by atoms with E-state index in [0.717, 1.165) is 39.5 Å². The molecule has 0 radical (unpaired) electrons. The van der Waals surface area contributed by atoms with Gasteiger partial charge in [0.25, 0.3) is 5.91 Å². The summed E-state index contributed by atoms with van der Waals surface area (Å²) in [4.78, 5) is 23.7. The molecule has 0 aliphatic carbocycles. The van der Waals surface area contributed by atoms with E-state index in [1.807, 2.05) is 66.0 Å². The Morgan fingerprint density at radius 2 is 1.80 bits per heavy atom. The summed E-state index contributed by atoms with van der Waals surface area (Å²) in [6, 6.07) is 21.8. The van der Waals surface area contributed by atoms with Crippen LogP contribution in [0.15, 0.2) is 72.1 Å². The topological polar surface area (TPSA) is 59.8 Å². The summed E-state index contributed by atoms with van der Waals surface area (Å²) < 4.78 is 2.18. The summed E-state index contributed by atoms with van der Waals surface area (Å²) in [6.07, 6.45) is 0. The van der Waals surface area contributed by atoms with Crippen LogP contribution in [-0.4, -0.2) is 20.4 Å². The monoisotopic (exact) mass is 430 g/mol. The highest BCUT2D eigenvalue weighted by atomic mass is 32.1. The number of para-hydroxylation sites is 2. The largest absolute Gasteiger partial charge is 0.324 e. The standard InChI is InChI=1S/C23H18N4OS2/c1-2-27-18-11-7-6-10-16(18)24-21(27)19-12-13-20(30-19)22(28)26-23-25-17(14-29-23)15-8-4-3-5-9-15/h3-14H,2H2,1H3,(H,25,26,28). The number of thiazole rings is 1. The highest BCUT2D eigenvalue weighted by Gasteiger charge is 2.17. The van der Waals surface area contributed by atoms with Gasteiger partial charge in [-0.1, -0.05) is 42.5 Å². The molecular formula is C23H18N4OS2. The third kappa shape index (κ3) is 3.42. The van der Waals surface area contributed by atoms with Gasteiger partial charge in [0.05, 0.1) is 26.5 Å². The number of hydrogen-bond acceptors (Lipinski definition) is 5. The fourth-order valence-corrected chi connectivity index (χ4v) is 5.01. The zero-order valence-electron chi connectivity index (χ0n) is 16.2. The Labute approximate surface area is 181 Å². The Morgan fingerprint density at radius 3 is 2.63 bits per heavy atom. The number of amides is 1. The van der Waals surface area contributed by atoms with E-state index in [0.29, 0.717) is 10.0 Å². The molecular weight excluding hydrogens is 412 g/mol. The normalized spacial score (nSPS) is 11.1. The van der Waals surface area contributed by atoms with Gasteiger partial charge < -0.3 is 4.57 Å². The first-order valence-corrected chi connectivity index (χ1v) is 11.3. The number of imidazole rings is 1. The predicted molar refractivity (Wildman–Crippen MR) is 124 cm³/mol. The van der Waals surface area contributed by atoms with Crippen molar-refractivity contribution in [2.45, 2.75) is 13.5 Å². The van der Waals surface area contributed by atoms with Crippen LogP contribution in [0.4, 0.5) is 5.13 Å². The van der Waals surface area contributed by atoms with Gasteiger partial charge in [-0.05, 0) is 31.2 Å².